The first-order chi connectivity index (χ1) is 13.9. The van der Waals surface area contributed by atoms with Gasteiger partial charge in [-0.3, -0.25) is 9.79 Å². The van der Waals surface area contributed by atoms with E-state index in [4.69, 9.17) is 22.6 Å². The molecular weight excluding hydrogens is 444 g/mol. The summed E-state index contributed by atoms with van der Waals surface area (Å²) in [6.45, 7) is 4.99. The molecule has 1 aliphatic heterocycles. The number of rotatable bonds is 4. The van der Waals surface area contributed by atoms with Crippen molar-refractivity contribution in [3.63, 3.8) is 0 Å². The van der Waals surface area contributed by atoms with Crippen LogP contribution in [0.2, 0.25) is 5.02 Å². The summed E-state index contributed by atoms with van der Waals surface area (Å²) < 4.78 is 24.3. The molecule has 158 valence electrons. The second kappa shape index (κ2) is 7.69. The highest BCUT2D eigenvalue weighted by Gasteiger charge is 2.49. The summed E-state index contributed by atoms with van der Waals surface area (Å²) in [5.74, 6) is -0.565. The first kappa shape index (κ1) is 22.3. The van der Waals surface area contributed by atoms with Gasteiger partial charge in [0.1, 0.15) is 16.1 Å². The molecule has 1 aromatic carbocycles. The van der Waals surface area contributed by atoms with Crippen molar-refractivity contribution in [3.8, 4) is 6.07 Å². The third kappa shape index (κ3) is 3.95. The van der Waals surface area contributed by atoms with E-state index in [1.807, 2.05) is 6.07 Å². The van der Waals surface area contributed by atoms with Gasteiger partial charge in [-0.15, -0.1) is 11.3 Å². The molecule has 0 saturated carbocycles. The molecule has 2 aromatic rings. The highest BCUT2D eigenvalue weighted by molar-refractivity contribution is 7.93. The minimum absolute atomic E-state index is 0.0209. The predicted molar refractivity (Wildman–Crippen MR) is 118 cm³/mol. The molecule has 0 radical (unpaired) electrons. The molecular formula is C20H21ClN4O3S2. The summed E-state index contributed by atoms with van der Waals surface area (Å²) in [6.07, 6.45) is 0. The molecule has 0 bridgehead atoms. The fourth-order valence-electron chi connectivity index (χ4n) is 3.07. The van der Waals surface area contributed by atoms with Crippen molar-refractivity contribution in [1.82, 2.24) is 5.32 Å². The van der Waals surface area contributed by atoms with E-state index in [1.165, 1.54) is 19.9 Å². The zero-order valence-corrected chi connectivity index (χ0v) is 19.1. The van der Waals surface area contributed by atoms with Gasteiger partial charge in [0, 0.05) is 6.54 Å². The Morgan fingerprint density at radius 2 is 1.97 bits per heavy atom. The number of thiophene rings is 1. The normalized spacial score (nSPS) is 22.0. The van der Waals surface area contributed by atoms with E-state index in [0.29, 0.717) is 15.3 Å². The third-order valence-corrected chi connectivity index (χ3v) is 9.67. The topological polar surface area (TPSA) is 125 Å². The summed E-state index contributed by atoms with van der Waals surface area (Å²) in [7, 11) is -3.58. The van der Waals surface area contributed by atoms with E-state index in [9.17, 15) is 13.2 Å². The Morgan fingerprint density at radius 3 is 2.53 bits per heavy atom. The van der Waals surface area contributed by atoms with Crippen LogP contribution in [0.25, 0.3) is 0 Å². The van der Waals surface area contributed by atoms with Crippen LogP contribution in [-0.2, 0) is 21.9 Å². The van der Waals surface area contributed by atoms with Gasteiger partial charge in [0.15, 0.2) is 9.84 Å². The molecule has 1 amide bonds. The van der Waals surface area contributed by atoms with E-state index >= 15 is 0 Å². The summed E-state index contributed by atoms with van der Waals surface area (Å²) in [5, 5.41) is 11.9. The lowest BCUT2D eigenvalue weighted by atomic mass is 10.0. The smallest absolute Gasteiger partial charge is 0.261 e. The second-order valence-electron chi connectivity index (χ2n) is 7.82. The molecule has 2 heterocycles. The molecule has 30 heavy (non-hydrogen) atoms. The van der Waals surface area contributed by atoms with Gasteiger partial charge in [-0.05, 0) is 44.5 Å². The van der Waals surface area contributed by atoms with Gasteiger partial charge in [-0.25, -0.2) is 8.42 Å². The quantitative estimate of drug-likeness (QED) is 0.719. The van der Waals surface area contributed by atoms with Crippen molar-refractivity contribution in [2.45, 2.75) is 37.6 Å². The lowest BCUT2D eigenvalue weighted by Crippen LogP contribution is -2.54. The minimum Gasteiger partial charge on any atom is -0.386 e. The van der Waals surface area contributed by atoms with Crippen LogP contribution in [0.1, 0.15) is 46.4 Å². The minimum atomic E-state index is -3.58. The summed E-state index contributed by atoms with van der Waals surface area (Å²) in [4.78, 5) is 17.9. The number of carbonyl (C=O) groups excluding carboxylic acids is 1. The SMILES string of the molecule is CC1(c2sc(C(=O)NCc3ccc(C#N)cc3)cc2Cl)CS(=O)(=O)C(C)(C)C(N)=N1. The van der Waals surface area contributed by atoms with E-state index in [-0.39, 0.29) is 29.1 Å². The van der Waals surface area contributed by atoms with Gasteiger partial charge < -0.3 is 11.1 Å². The molecule has 0 saturated heterocycles. The number of carbonyl (C=O) groups is 1. The fraction of sp³-hybridized carbons (Fsp3) is 0.350. The average molecular weight is 465 g/mol. The number of hydrogen-bond donors (Lipinski definition) is 2. The summed E-state index contributed by atoms with van der Waals surface area (Å²) >= 11 is 7.47. The van der Waals surface area contributed by atoms with Gasteiger partial charge in [-0.2, -0.15) is 5.26 Å². The first-order valence-corrected chi connectivity index (χ1v) is 11.9. The largest absolute Gasteiger partial charge is 0.386 e. The molecule has 1 atom stereocenters. The molecule has 0 fully saturated rings. The van der Waals surface area contributed by atoms with Crippen LogP contribution in [-0.4, -0.2) is 30.7 Å². The van der Waals surface area contributed by atoms with Gasteiger partial charge in [0.05, 0.1) is 32.2 Å². The molecule has 10 heteroatoms. The molecule has 3 rings (SSSR count). The lowest BCUT2D eigenvalue weighted by Gasteiger charge is -2.37. The number of hydrogen-bond acceptors (Lipinski definition) is 7. The van der Waals surface area contributed by atoms with Gasteiger partial charge in [-0.1, -0.05) is 23.7 Å². The molecule has 3 N–H and O–H groups in total. The molecule has 1 aromatic heterocycles. The number of amidine groups is 1. The van der Waals surface area contributed by atoms with Crippen LogP contribution in [0.5, 0.6) is 0 Å². The van der Waals surface area contributed by atoms with Crippen molar-refractivity contribution in [3.05, 3.63) is 56.2 Å². The molecule has 0 spiro atoms. The number of nitrogens with two attached hydrogens (primary N) is 1. The number of halogens is 1. The van der Waals surface area contributed by atoms with E-state index in [0.717, 1.165) is 16.9 Å². The Balaban J connectivity index is 1.83. The van der Waals surface area contributed by atoms with Crippen molar-refractivity contribution in [2.24, 2.45) is 10.7 Å². The molecule has 1 unspecified atom stereocenters. The van der Waals surface area contributed by atoms with E-state index < -0.39 is 20.1 Å². The lowest BCUT2D eigenvalue weighted by molar-refractivity contribution is 0.0955. The number of nitrogens with one attached hydrogen (secondary N) is 1. The monoisotopic (exact) mass is 464 g/mol. The van der Waals surface area contributed by atoms with Crippen LogP contribution in [0, 0.1) is 11.3 Å². The Hall–Kier alpha value is -2.41. The maximum atomic E-state index is 12.8. The Bertz CT molecular complexity index is 1180. The highest BCUT2D eigenvalue weighted by Crippen LogP contribution is 2.43. The number of nitriles is 1. The van der Waals surface area contributed by atoms with Gasteiger partial charge in [0.25, 0.3) is 5.91 Å². The van der Waals surface area contributed by atoms with Gasteiger partial charge in [0.2, 0.25) is 0 Å². The Labute approximate surface area is 184 Å². The van der Waals surface area contributed by atoms with Gasteiger partial charge >= 0.3 is 0 Å². The highest BCUT2D eigenvalue weighted by atomic mass is 35.5. The number of sulfone groups is 1. The van der Waals surface area contributed by atoms with Crippen molar-refractivity contribution in [2.75, 3.05) is 5.75 Å². The van der Waals surface area contributed by atoms with E-state index in [2.05, 4.69) is 10.3 Å². The van der Waals surface area contributed by atoms with Crippen molar-refractivity contribution in [1.29, 1.82) is 5.26 Å². The number of benzene rings is 1. The summed E-state index contributed by atoms with van der Waals surface area (Å²) in [6, 6.07) is 10.4. The van der Waals surface area contributed by atoms with Crippen LogP contribution in [0.15, 0.2) is 35.3 Å². The van der Waals surface area contributed by atoms with E-state index in [1.54, 1.807) is 31.2 Å². The average Bonchev–Trinajstić information content (AvgIpc) is 3.07. The molecule has 1 aliphatic rings. The number of aliphatic imine (C=N–C) groups is 1. The van der Waals surface area contributed by atoms with Crippen molar-refractivity contribution >= 4 is 44.5 Å². The zero-order chi connectivity index (χ0) is 22.3. The number of nitrogens with zero attached hydrogens (tertiary/aromatic N) is 2. The number of amides is 1. The standard InChI is InChI=1S/C20H21ClN4O3S2/c1-19(2)18(23)25-20(3,11-30(19,27)28)16-14(21)8-15(29-16)17(26)24-10-13-6-4-12(9-22)5-7-13/h4-8H,10-11H2,1-3H3,(H2,23,25)(H,24,26). The molecule has 7 nitrogen and oxygen atoms in total. The Kier molecular flexibility index (Phi) is 5.71. The van der Waals surface area contributed by atoms with Crippen LogP contribution in [0.3, 0.4) is 0 Å². The maximum Gasteiger partial charge on any atom is 0.261 e. The summed E-state index contributed by atoms with van der Waals surface area (Å²) in [5.41, 5.74) is 6.21. The first-order valence-electron chi connectivity index (χ1n) is 9.05. The predicted octanol–water partition coefficient (Wildman–Crippen LogP) is 2.98. The molecule has 0 aliphatic carbocycles. The maximum absolute atomic E-state index is 12.8. The Morgan fingerprint density at radius 1 is 1.33 bits per heavy atom. The zero-order valence-electron chi connectivity index (χ0n) is 16.7. The fourth-order valence-corrected chi connectivity index (χ4v) is 6.39. The third-order valence-electron chi connectivity index (χ3n) is 5.17. The second-order valence-corrected chi connectivity index (χ2v) is 11.8. The van der Waals surface area contributed by atoms with Crippen molar-refractivity contribution < 1.29 is 13.2 Å². The van der Waals surface area contributed by atoms with Crippen LogP contribution >= 0.6 is 22.9 Å². The van der Waals surface area contributed by atoms with Crippen LogP contribution in [0.4, 0.5) is 0 Å². The van der Waals surface area contributed by atoms with Crippen LogP contribution < -0.4 is 11.1 Å².